The predicted octanol–water partition coefficient (Wildman–Crippen LogP) is 5.35. The molecular weight excluding hydrogens is 320 g/mol. The second-order valence-corrected chi connectivity index (χ2v) is 6.44. The fourth-order valence-corrected chi connectivity index (χ4v) is 3.56. The van der Waals surface area contributed by atoms with Gasteiger partial charge in [0.2, 0.25) is 0 Å². The zero-order chi connectivity index (χ0) is 17.3. The van der Waals surface area contributed by atoms with Crippen LogP contribution >= 0.6 is 0 Å². The molecule has 0 fully saturated rings. The van der Waals surface area contributed by atoms with Gasteiger partial charge in [-0.1, -0.05) is 36.4 Å². The Morgan fingerprint density at radius 3 is 2.35 bits per heavy atom. The lowest BCUT2D eigenvalue weighted by Gasteiger charge is -2.14. The van der Waals surface area contributed by atoms with Crippen molar-refractivity contribution in [3.63, 3.8) is 0 Å². The van der Waals surface area contributed by atoms with E-state index in [1.54, 1.807) is 0 Å². The number of H-pyrrole nitrogens is 1. The maximum absolute atomic E-state index is 5.89. The maximum Gasteiger partial charge on any atom is 0.127 e. The highest BCUT2D eigenvalue weighted by Gasteiger charge is 2.20. The number of para-hydroxylation sites is 2. The van der Waals surface area contributed by atoms with Crippen molar-refractivity contribution in [2.24, 2.45) is 4.99 Å². The third-order valence-corrected chi connectivity index (χ3v) is 4.79. The molecule has 0 unspecified atom stereocenters. The molecule has 1 aromatic heterocycles. The van der Waals surface area contributed by atoms with Crippen molar-refractivity contribution in [1.82, 2.24) is 4.98 Å². The lowest BCUT2D eigenvalue weighted by molar-refractivity contribution is 0.482. The van der Waals surface area contributed by atoms with E-state index in [0.29, 0.717) is 0 Å². The van der Waals surface area contributed by atoms with Gasteiger partial charge in [0.05, 0.1) is 11.4 Å². The summed E-state index contributed by atoms with van der Waals surface area (Å²) in [6.45, 7) is 0.826. The molecule has 4 aromatic rings. The minimum Gasteiger partial charge on any atom is -0.457 e. The van der Waals surface area contributed by atoms with Crippen LogP contribution < -0.4 is 4.74 Å². The van der Waals surface area contributed by atoms with E-state index in [-0.39, 0.29) is 0 Å². The van der Waals surface area contributed by atoms with Crippen molar-refractivity contribution < 1.29 is 4.74 Å². The molecule has 26 heavy (non-hydrogen) atoms. The van der Waals surface area contributed by atoms with Crippen LogP contribution in [-0.2, 0) is 6.42 Å². The number of aromatic nitrogens is 1. The first-order chi connectivity index (χ1) is 12.9. The van der Waals surface area contributed by atoms with Crippen LogP contribution in [0.5, 0.6) is 11.5 Å². The first-order valence-corrected chi connectivity index (χ1v) is 8.86. The van der Waals surface area contributed by atoms with E-state index in [4.69, 9.17) is 9.73 Å². The second-order valence-electron chi connectivity index (χ2n) is 6.44. The highest BCUT2D eigenvalue weighted by atomic mass is 16.5. The van der Waals surface area contributed by atoms with Crippen LogP contribution in [0, 0.1) is 0 Å². The summed E-state index contributed by atoms with van der Waals surface area (Å²) < 4.78 is 5.89. The maximum atomic E-state index is 5.89. The Kier molecular flexibility index (Phi) is 3.56. The first kappa shape index (κ1) is 15.0. The van der Waals surface area contributed by atoms with Crippen LogP contribution in [0.1, 0.15) is 16.8 Å². The molecule has 3 nitrogen and oxygen atoms in total. The number of ether oxygens (including phenoxy) is 1. The van der Waals surface area contributed by atoms with Gasteiger partial charge in [-0.2, -0.15) is 0 Å². The van der Waals surface area contributed by atoms with Gasteiger partial charge in [-0.3, -0.25) is 4.99 Å². The Morgan fingerprint density at radius 1 is 0.769 bits per heavy atom. The number of aromatic amines is 1. The summed E-state index contributed by atoms with van der Waals surface area (Å²) in [5.41, 5.74) is 5.84. The normalized spacial score (nSPS) is 13.3. The smallest absolute Gasteiger partial charge is 0.127 e. The van der Waals surface area contributed by atoms with Gasteiger partial charge in [0, 0.05) is 23.0 Å². The molecule has 0 bridgehead atoms. The summed E-state index contributed by atoms with van der Waals surface area (Å²) in [4.78, 5) is 8.35. The molecule has 3 aromatic carbocycles. The quantitative estimate of drug-likeness (QED) is 0.537. The molecule has 1 aliphatic rings. The lowest BCUT2D eigenvalue weighted by Crippen LogP contribution is -2.13. The SMILES string of the molecule is c1ccc(Oc2ccc(C3=NCCc4c3[nH]c3ccccc43)cc2)cc1. The van der Waals surface area contributed by atoms with E-state index in [1.165, 1.54) is 16.5 Å². The van der Waals surface area contributed by atoms with E-state index in [1.807, 2.05) is 42.5 Å². The monoisotopic (exact) mass is 338 g/mol. The number of aliphatic imine (C=N–C) groups is 1. The van der Waals surface area contributed by atoms with E-state index in [9.17, 15) is 0 Å². The minimum atomic E-state index is 0.826. The van der Waals surface area contributed by atoms with Gasteiger partial charge >= 0.3 is 0 Å². The van der Waals surface area contributed by atoms with Gasteiger partial charge in [0.15, 0.2) is 0 Å². The van der Waals surface area contributed by atoms with Gasteiger partial charge in [0.25, 0.3) is 0 Å². The van der Waals surface area contributed by atoms with Crippen molar-refractivity contribution >= 4 is 16.6 Å². The number of hydrogen-bond acceptors (Lipinski definition) is 2. The van der Waals surface area contributed by atoms with Gasteiger partial charge in [-0.15, -0.1) is 0 Å². The van der Waals surface area contributed by atoms with Crippen molar-refractivity contribution in [3.05, 3.63) is 95.7 Å². The van der Waals surface area contributed by atoms with Crippen LogP contribution in [0.15, 0.2) is 83.9 Å². The molecule has 0 atom stereocenters. The molecule has 5 rings (SSSR count). The van der Waals surface area contributed by atoms with Crippen LogP contribution in [0.25, 0.3) is 10.9 Å². The van der Waals surface area contributed by atoms with Crippen molar-refractivity contribution in [1.29, 1.82) is 0 Å². The van der Waals surface area contributed by atoms with Crippen molar-refractivity contribution in [3.8, 4) is 11.5 Å². The molecule has 2 heterocycles. The van der Waals surface area contributed by atoms with Crippen molar-refractivity contribution in [2.75, 3.05) is 6.54 Å². The molecule has 0 spiro atoms. The Balaban J connectivity index is 1.48. The zero-order valence-electron chi connectivity index (χ0n) is 14.3. The molecule has 1 aliphatic heterocycles. The molecular formula is C23H18N2O. The van der Waals surface area contributed by atoms with Crippen LogP contribution in [0.4, 0.5) is 0 Å². The molecule has 0 saturated carbocycles. The minimum absolute atomic E-state index is 0.826. The summed E-state index contributed by atoms with van der Waals surface area (Å²) in [6, 6.07) is 26.5. The fourth-order valence-electron chi connectivity index (χ4n) is 3.56. The van der Waals surface area contributed by atoms with Gasteiger partial charge in [0.1, 0.15) is 11.5 Å². The molecule has 126 valence electrons. The summed E-state index contributed by atoms with van der Waals surface area (Å²) in [5.74, 6) is 1.67. The third-order valence-electron chi connectivity index (χ3n) is 4.79. The predicted molar refractivity (Wildman–Crippen MR) is 105 cm³/mol. The highest BCUT2D eigenvalue weighted by molar-refractivity contribution is 6.15. The second kappa shape index (κ2) is 6.19. The van der Waals surface area contributed by atoms with E-state index < -0.39 is 0 Å². The highest BCUT2D eigenvalue weighted by Crippen LogP contribution is 2.29. The fraction of sp³-hybridized carbons (Fsp3) is 0.0870. The lowest BCUT2D eigenvalue weighted by atomic mass is 9.98. The van der Waals surface area contributed by atoms with Crippen LogP contribution in [-0.4, -0.2) is 17.2 Å². The molecule has 3 heteroatoms. The number of rotatable bonds is 3. The largest absolute Gasteiger partial charge is 0.457 e. The zero-order valence-corrected chi connectivity index (χ0v) is 14.3. The number of fused-ring (bicyclic) bond motifs is 3. The Morgan fingerprint density at radius 2 is 1.50 bits per heavy atom. The Bertz CT molecular complexity index is 1090. The number of hydrogen-bond donors (Lipinski definition) is 1. The standard InChI is InChI=1S/C23H18N2O/c1-2-6-17(7-3-1)26-18-12-10-16(11-13-18)22-23-20(14-15-24-22)19-8-4-5-9-21(19)25-23/h1-13,25H,14-15H2. The van der Waals surface area contributed by atoms with Crippen LogP contribution in [0.3, 0.4) is 0 Å². The summed E-state index contributed by atoms with van der Waals surface area (Å²) in [6.07, 6.45) is 0.984. The Hall–Kier alpha value is -3.33. The molecule has 0 radical (unpaired) electrons. The summed E-state index contributed by atoms with van der Waals surface area (Å²) in [5, 5.41) is 1.30. The summed E-state index contributed by atoms with van der Waals surface area (Å²) in [7, 11) is 0. The van der Waals surface area contributed by atoms with Gasteiger partial charge < -0.3 is 9.72 Å². The van der Waals surface area contributed by atoms with E-state index >= 15 is 0 Å². The molecule has 1 N–H and O–H groups in total. The van der Waals surface area contributed by atoms with E-state index in [0.717, 1.165) is 41.4 Å². The average molecular weight is 338 g/mol. The van der Waals surface area contributed by atoms with Crippen LogP contribution in [0.2, 0.25) is 0 Å². The molecule has 0 aliphatic carbocycles. The topological polar surface area (TPSA) is 37.4 Å². The van der Waals surface area contributed by atoms with Gasteiger partial charge in [-0.25, -0.2) is 0 Å². The Labute approximate surface area is 152 Å². The molecule has 0 amide bonds. The van der Waals surface area contributed by atoms with Gasteiger partial charge in [-0.05, 0) is 54.4 Å². The average Bonchev–Trinajstić information content (AvgIpc) is 3.08. The third kappa shape index (κ3) is 2.58. The number of nitrogens with one attached hydrogen (secondary N) is 1. The summed E-state index contributed by atoms with van der Waals surface area (Å²) >= 11 is 0. The first-order valence-electron chi connectivity index (χ1n) is 8.86. The number of nitrogens with zero attached hydrogens (tertiary/aromatic N) is 1. The van der Waals surface area contributed by atoms with E-state index in [2.05, 4.69) is 41.4 Å². The van der Waals surface area contributed by atoms with Crippen molar-refractivity contribution in [2.45, 2.75) is 6.42 Å². The number of benzene rings is 3. The molecule has 0 saturated heterocycles.